The van der Waals surface area contributed by atoms with E-state index in [-0.39, 0.29) is 0 Å². The number of nitrogens with zero attached hydrogens (tertiary/aromatic N) is 3. The Labute approximate surface area is 142 Å². The fourth-order valence-electron chi connectivity index (χ4n) is 2.88. The summed E-state index contributed by atoms with van der Waals surface area (Å²) in [5.41, 5.74) is 4.50. The van der Waals surface area contributed by atoms with E-state index in [2.05, 4.69) is 60.8 Å². The van der Waals surface area contributed by atoms with Gasteiger partial charge in [0, 0.05) is 17.1 Å². The van der Waals surface area contributed by atoms with Crippen LogP contribution in [0.4, 0.5) is 0 Å². The zero-order chi connectivity index (χ0) is 16.4. The van der Waals surface area contributed by atoms with Gasteiger partial charge in [0.25, 0.3) is 0 Å². The summed E-state index contributed by atoms with van der Waals surface area (Å²) in [7, 11) is 4.21. The van der Waals surface area contributed by atoms with Crippen LogP contribution in [-0.4, -0.2) is 35.1 Å². The summed E-state index contributed by atoms with van der Waals surface area (Å²) >= 11 is 6.14. The van der Waals surface area contributed by atoms with Crippen LogP contribution in [0.25, 0.3) is 22.4 Å². The van der Waals surface area contributed by atoms with Crippen molar-refractivity contribution in [2.24, 2.45) is 0 Å². The quantitative estimate of drug-likeness (QED) is 0.682. The molecule has 3 rings (SSSR count). The number of halogens is 1. The second-order valence-electron chi connectivity index (χ2n) is 6.25. The van der Waals surface area contributed by atoms with Crippen LogP contribution in [0, 0.1) is 6.92 Å². The van der Waals surface area contributed by atoms with Gasteiger partial charge < -0.3 is 9.47 Å². The van der Waals surface area contributed by atoms with Gasteiger partial charge in [-0.15, -0.1) is 0 Å². The molecule has 120 valence electrons. The third-order valence-electron chi connectivity index (χ3n) is 3.97. The van der Waals surface area contributed by atoms with Crippen LogP contribution < -0.4 is 0 Å². The first-order chi connectivity index (χ1) is 11.0. The maximum Gasteiger partial charge on any atom is 0.141 e. The van der Waals surface area contributed by atoms with E-state index in [0.29, 0.717) is 0 Å². The highest BCUT2D eigenvalue weighted by Gasteiger charge is 2.13. The Balaban J connectivity index is 2.07. The van der Waals surface area contributed by atoms with Crippen LogP contribution in [-0.2, 0) is 6.54 Å². The minimum atomic E-state index is 0.728. The van der Waals surface area contributed by atoms with Crippen molar-refractivity contribution in [3.05, 3.63) is 53.1 Å². The Morgan fingerprint density at radius 2 is 1.96 bits per heavy atom. The molecule has 0 atom stereocenters. The highest BCUT2D eigenvalue weighted by atomic mass is 35.5. The molecule has 0 N–H and O–H groups in total. The largest absolute Gasteiger partial charge is 0.324 e. The van der Waals surface area contributed by atoms with Crippen LogP contribution in [0.1, 0.15) is 12.0 Å². The fraction of sp³-hybridized carbons (Fsp3) is 0.316. The average Bonchev–Trinajstić information content (AvgIpc) is 2.85. The molecule has 0 fully saturated rings. The van der Waals surface area contributed by atoms with E-state index in [9.17, 15) is 0 Å². The second-order valence-corrected chi connectivity index (χ2v) is 6.68. The Morgan fingerprint density at radius 1 is 1.13 bits per heavy atom. The normalized spacial score (nSPS) is 11.5. The second kappa shape index (κ2) is 6.73. The lowest BCUT2D eigenvalue weighted by Gasteiger charge is -2.13. The molecule has 0 amide bonds. The van der Waals surface area contributed by atoms with Crippen LogP contribution in [0.15, 0.2) is 42.5 Å². The van der Waals surface area contributed by atoms with Gasteiger partial charge >= 0.3 is 0 Å². The van der Waals surface area contributed by atoms with Crippen molar-refractivity contribution in [1.82, 2.24) is 14.5 Å². The van der Waals surface area contributed by atoms with Gasteiger partial charge in [-0.05, 0) is 58.3 Å². The molecule has 0 radical (unpaired) electrons. The number of aryl methyl sites for hydroxylation is 2. The van der Waals surface area contributed by atoms with Crippen molar-refractivity contribution in [2.45, 2.75) is 19.9 Å². The lowest BCUT2D eigenvalue weighted by atomic mass is 10.1. The summed E-state index contributed by atoms with van der Waals surface area (Å²) in [6, 6.07) is 14.5. The molecule has 1 aromatic heterocycles. The molecule has 0 aliphatic rings. The zero-order valence-corrected chi connectivity index (χ0v) is 14.6. The predicted octanol–water partition coefficient (Wildman–Crippen LogP) is 4.62. The van der Waals surface area contributed by atoms with E-state index in [4.69, 9.17) is 16.6 Å². The summed E-state index contributed by atoms with van der Waals surface area (Å²) in [6.45, 7) is 4.11. The number of fused-ring (bicyclic) bond motifs is 1. The molecule has 4 heteroatoms. The first-order valence-electron chi connectivity index (χ1n) is 7.92. The molecular weight excluding hydrogens is 306 g/mol. The molecular formula is C19H22ClN3. The van der Waals surface area contributed by atoms with E-state index >= 15 is 0 Å². The molecule has 0 unspecified atom stereocenters. The minimum absolute atomic E-state index is 0.728. The number of imidazole rings is 1. The Hall–Kier alpha value is -1.84. The van der Waals surface area contributed by atoms with E-state index in [0.717, 1.165) is 47.0 Å². The molecule has 2 aromatic carbocycles. The van der Waals surface area contributed by atoms with Gasteiger partial charge in [-0.3, -0.25) is 0 Å². The summed E-state index contributed by atoms with van der Waals surface area (Å²) in [4.78, 5) is 7.06. The Bertz CT molecular complexity index is 821. The molecule has 0 spiro atoms. The van der Waals surface area contributed by atoms with Crippen molar-refractivity contribution in [1.29, 1.82) is 0 Å². The number of aromatic nitrogens is 2. The van der Waals surface area contributed by atoms with Gasteiger partial charge in [0.15, 0.2) is 0 Å². The third kappa shape index (κ3) is 3.57. The van der Waals surface area contributed by atoms with Gasteiger partial charge in [0.1, 0.15) is 5.82 Å². The van der Waals surface area contributed by atoms with Gasteiger partial charge in [-0.25, -0.2) is 4.98 Å². The van der Waals surface area contributed by atoms with Crippen LogP contribution in [0.3, 0.4) is 0 Å². The summed E-state index contributed by atoms with van der Waals surface area (Å²) in [5, 5.41) is 0.728. The maximum atomic E-state index is 6.14. The van der Waals surface area contributed by atoms with Gasteiger partial charge in [-0.2, -0.15) is 0 Å². The molecule has 3 aromatic rings. The number of benzene rings is 2. The van der Waals surface area contributed by atoms with E-state index in [1.165, 1.54) is 5.56 Å². The SMILES string of the molecule is Cc1cccc(-c2nc3cc(Cl)ccc3n2CCCN(C)C)c1. The first kappa shape index (κ1) is 16.0. The van der Waals surface area contributed by atoms with Crippen molar-refractivity contribution < 1.29 is 0 Å². The molecule has 23 heavy (non-hydrogen) atoms. The topological polar surface area (TPSA) is 21.1 Å². The summed E-state index contributed by atoms with van der Waals surface area (Å²) in [5.74, 6) is 1.02. The lowest BCUT2D eigenvalue weighted by molar-refractivity contribution is 0.388. The molecule has 0 aliphatic heterocycles. The van der Waals surface area contributed by atoms with Gasteiger partial charge in [-0.1, -0.05) is 35.4 Å². The maximum absolute atomic E-state index is 6.14. The van der Waals surface area contributed by atoms with Crippen molar-refractivity contribution >= 4 is 22.6 Å². The van der Waals surface area contributed by atoms with Crippen molar-refractivity contribution in [2.75, 3.05) is 20.6 Å². The van der Waals surface area contributed by atoms with E-state index in [1.54, 1.807) is 0 Å². The third-order valence-corrected chi connectivity index (χ3v) is 4.21. The number of hydrogen-bond donors (Lipinski definition) is 0. The standard InChI is InChI=1S/C19H22ClN3/c1-14-6-4-7-15(12-14)19-21-17-13-16(20)8-9-18(17)23(19)11-5-10-22(2)3/h4,6-9,12-13H,5,10-11H2,1-3H3. The van der Waals surface area contributed by atoms with E-state index < -0.39 is 0 Å². The van der Waals surface area contributed by atoms with E-state index in [1.807, 2.05) is 12.1 Å². The van der Waals surface area contributed by atoms with Crippen molar-refractivity contribution in [3.8, 4) is 11.4 Å². The number of rotatable bonds is 5. The lowest BCUT2D eigenvalue weighted by Crippen LogP contribution is -2.15. The Kier molecular flexibility index (Phi) is 4.69. The monoisotopic (exact) mass is 327 g/mol. The number of hydrogen-bond acceptors (Lipinski definition) is 2. The molecule has 1 heterocycles. The Morgan fingerprint density at radius 3 is 2.70 bits per heavy atom. The molecule has 0 saturated carbocycles. The van der Waals surface area contributed by atoms with Gasteiger partial charge in [0.05, 0.1) is 11.0 Å². The minimum Gasteiger partial charge on any atom is -0.324 e. The summed E-state index contributed by atoms with van der Waals surface area (Å²) in [6.07, 6.45) is 1.08. The van der Waals surface area contributed by atoms with Crippen LogP contribution in [0.2, 0.25) is 5.02 Å². The smallest absolute Gasteiger partial charge is 0.141 e. The average molecular weight is 328 g/mol. The molecule has 0 bridgehead atoms. The first-order valence-corrected chi connectivity index (χ1v) is 8.30. The van der Waals surface area contributed by atoms with Crippen LogP contribution >= 0.6 is 11.6 Å². The van der Waals surface area contributed by atoms with Gasteiger partial charge in [0.2, 0.25) is 0 Å². The zero-order valence-electron chi connectivity index (χ0n) is 13.9. The summed E-state index contributed by atoms with van der Waals surface area (Å²) < 4.78 is 2.31. The fourth-order valence-corrected chi connectivity index (χ4v) is 3.05. The predicted molar refractivity (Wildman–Crippen MR) is 98.1 cm³/mol. The molecule has 0 saturated heterocycles. The highest BCUT2D eigenvalue weighted by molar-refractivity contribution is 6.31. The van der Waals surface area contributed by atoms with Crippen molar-refractivity contribution in [3.63, 3.8) is 0 Å². The molecule has 0 aliphatic carbocycles. The van der Waals surface area contributed by atoms with Crippen LogP contribution in [0.5, 0.6) is 0 Å². The molecule has 3 nitrogen and oxygen atoms in total. The highest BCUT2D eigenvalue weighted by Crippen LogP contribution is 2.27.